The Labute approximate surface area is 120 Å². The van der Waals surface area contributed by atoms with Crippen molar-refractivity contribution < 1.29 is 0 Å². The molecule has 4 aliphatic carbocycles. The lowest BCUT2D eigenvalue weighted by molar-refractivity contribution is 0.218. The van der Waals surface area contributed by atoms with Gasteiger partial charge in [-0.1, -0.05) is 42.5 Å². The molecule has 2 heteroatoms. The molecule has 4 bridgehead atoms. The van der Waals surface area contributed by atoms with Gasteiger partial charge in [0.25, 0.3) is 0 Å². The van der Waals surface area contributed by atoms with Crippen molar-refractivity contribution in [3.63, 3.8) is 0 Å². The van der Waals surface area contributed by atoms with E-state index in [2.05, 4.69) is 42.0 Å². The Kier molecular flexibility index (Phi) is 2.33. The highest BCUT2D eigenvalue weighted by atomic mass is 32.1. The fraction of sp³-hybridized carbons (Fsp3) is 0.529. The molecule has 0 aromatic heterocycles. The predicted octanol–water partition coefficient (Wildman–Crippen LogP) is 4.16. The van der Waals surface area contributed by atoms with E-state index >= 15 is 0 Å². The SMILES string of the molecule is C=NC(=S)C12CC3CC1CC(c1ccccc1)(C3)C2. The van der Waals surface area contributed by atoms with E-state index in [4.69, 9.17) is 12.2 Å². The number of rotatable bonds is 2. The Bertz CT molecular complexity index is 552. The zero-order chi connectivity index (χ0) is 13.1. The molecule has 4 unspecified atom stereocenters. The molecule has 5 rings (SSSR count). The van der Waals surface area contributed by atoms with Crippen molar-refractivity contribution in [2.75, 3.05) is 0 Å². The summed E-state index contributed by atoms with van der Waals surface area (Å²) in [6.07, 6.45) is 6.51. The highest BCUT2D eigenvalue weighted by Gasteiger charge is 2.65. The maximum Gasteiger partial charge on any atom is 0.109 e. The summed E-state index contributed by atoms with van der Waals surface area (Å²) in [5.41, 5.74) is 2.11. The van der Waals surface area contributed by atoms with Gasteiger partial charge in [0.15, 0.2) is 0 Å². The molecule has 0 N–H and O–H groups in total. The van der Waals surface area contributed by atoms with Crippen LogP contribution in [0.4, 0.5) is 0 Å². The molecule has 0 heterocycles. The minimum atomic E-state index is 0.204. The lowest BCUT2D eigenvalue weighted by Crippen LogP contribution is -2.36. The van der Waals surface area contributed by atoms with Crippen molar-refractivity contribution in [1.82, 2.24) is 0 Å². The van der Waals surface area contributed by atoms with Gasteiger partial charge in [-0.25, -0.2) is 0 Å². The molecule has 0 radical (unpaired) electrons. The van der Waals surface area contributed by atoms with Crippen LogP contribution in [0.3, 0.4) is 0 Å². The summed E-state index contributed by atoms with van der Waals surface area (Å²) in [4.78, 5) is 5.07. The van der Waals surface area contributed by atoms with E-state index in [1.54, 1.807) is 0 Å². The van der Waals surface area contributed by atoms with Crippen LogP contribution in [0.5, 0.6) is 0 Å². The van der Waals surface area contributed by atoms with Crippen molar-refractivity contribution in [2.24, 2.45) is 22.2 Å². The van der Waals surface area contributed by atoms with Crippen molar-refractivity contribution >= 4 is 23.9 Å². The number of thiocarbonyl (C=S) groups is 1. The maximum atomic E-state index is 5.59. The molecule has 98 valence electrons. The molecule has 0 spiro atoms. The van der Waals surface area contributed by atoms with Gasteiger partial charge in [-0.15, -0.1) is 0 Å². The van der Waals surface area contributed by atoms with Gasteiger partial charge in [-0.3, -0.25) is 4.99 Å². The summed E-state index contributed by atoms with van der Waals surface area (Å²) in [7, 11) is 0. The van der Waals surface area contributed by atoms with Crippen LogP contribution in [-0.2, 0) is 5.41 Å². The standard InChI is InChI=1S/C17H19NS/c1-18-15(19)17-9-12-7-14(17)10-16(8-12,11-17)13-5-3-2-4-6-13/h2-6,12,14H,1,7-11H2. The van der Waals surface area contributed by atoms with Crippen LogP contribution in [0.2, 0.25) is 0 Å². The van der Waals surface area contributed by atoms with Gasteiger partial charge in [-0.05, 0) is 61.6 Å². The zero-order valence-electron chi connectivity index (χ0n) is 11.1. The van der Waals surface area contributed by atoms with Crippen LogP contribution in [0, 0.1) is 17.3 Å². The molecule has 0 aliphatic heterocycles. The molecule has 4 fully saturated rings. The summed E-state index contributed by atoms with van der Waals surface area (Å²) < 4.78 is 0. The van der Waals surface area contributed by atoms with Crippen molar-refractivity contribution in [1.29, 1.82) is 0 Å². The van der Waals surface area contributed by atoms with E-state index < -0.39 is 0 Å². The molecular formula is C17H19NS. The highest BCUT2D eigenvalue weighted by Crippen LogP contribution is 2.71. The smallest absolute Gasteiger partial charge is 0.109 e. The van der Waals surface area contributed by atoms with E-state index in [0.29, 0.717) is 5.41 Å². The summed E-state index contributed by atoms with van der Waals surface area (Å²) in [5, 5.41) is 0. The minimum absolute atomic E-state index is 0.204. The molecule has 4 aliphatic rings. The second-order valence-corrected chi connectivity index (χ2v) is 7.24. The van der Waals surface area contributed by atoms with Crippen LogP contribution < -0.4 is 0 Å². The molecule has 19 heavy (non-hydrogen) atoms. The first-order chi connectivity index (χ1) is 9.18. The molecule has 1 aromatic rings. The van der Waals surface area contributed by atoms with Crippen LogP contribution in [0.25, 0.3) is 0 Å². The summed E-state index contributed by atoms with van der Waals surface area (Å²) in [6, 6.07) is 11.1. The quantitative estimate of drug-likeness (QED) is 0.580. The highest BCUT2D eigenvalue weighted by molar-refractivity contribution is 7.80. The summed E-state index contributed by atoms with van der Waals surface area (Å²) >= 11 is 5.59. The Morgan fingerprint density at radius 2 is 2.00 bits per heavy atom. The van der Waals surface area contributed by atoms with Gasteiger partial charge in [0.05, 0.1) is 0 Å². The second kappa shape index (κ2) is 3.76. The lowest BCUT2D eigenvalue weighted by atomic mass is 9.64. The van der Waals surface area contributed by atoms with Gasteiger partial charge in [0.2, 0.25) is 0 Å². The molecule has 4 atom stereocenters. The monoisotopic (exact) mass is 269 g/mol. The summed E-state index contributed by atoms with van der Waals surface area (Å²) in [5.74, 6) is 1.61. The average molecular weight is 269 g/mol. The largest absolute Gasteiger partial charge is 0.257 e. The van der Waals surface area contributed by atoms with E-state index in [1.807, 2.05) is 0 Å². The Balaban J connectivity index is 1.80. The van der Waals surface area contributed by atoms with Gasteiger partial charge in [0.1, 0.15) is 4.99 Å². The normalized spacial score (nSPS) is 42.5. The van der Waals surface area contributed by atoms with E-state index in [1.165, 1.54) is 37.7 Å². The minimum Gasteiger partial charge on any atom is -0.257 e. The molecule has 0 amide bonds. The summed E-state index contributed by atoms with van der Waals surface area (Å²) in [6.45, 7) is 3.70. The van der Waals surface area contributed by atoms with Crippen LogP contribution in [0.1, 0.15) is 37.7 Å². The van der Waals surface area contributed by atoms with Crippen LogP contribution in [0.15, 0.2) is 35.3 Å². The van der Waals surface area contributed by atoms with E-state index in [0.717, 1.165) is 16.8 Å². The first-order valence-corrected chi connectivity index (χ1v) is 7.66. The van der Waals surface area contributed by atoms with Crippen LogP contribution >= 0.6 is 12.2 Å². The predicted molar refractivity (Wildman–Crippen MR) is 82.8 cm³/mol. The number of hydrogen-bond acceptors (Lipinski definition) is 1. The third kappa shape index (κ3) is 1.41. The lowest BCUT2D eigenvalue weighted by Gasteiger charge is -2.41. The topological polar surface area (TPSA) is 12.4 Å². The van der Waals surface area contributed by atoms with Gasteiger partial charge >= 0.3 is 0 Å². The third-order valence-electron chi connectivity index (χ3n) is 5.98. The first kappa shape index (κ1) is 11.8. The van der Waals surface area contributed by atoms with Crippen molar-refractivity contribution in [3.05, 3.63) is 35.9 Å². The maximum absolute atomic E-state index is 5.59. The Morgan fingerprint density at radius 3 is 2.74 bits per heavy atom. The number of hydrogen-bond donors (Lipinski definition) is 0. The number of nitrogens with zero attached hydrogens (tertiary/aromatic N) is 1. The van der Waals surface area contributed by atoms with Gasteiger partial charge < -0.3 is 0 Å². The molecular weight excluding hydrogens is 250 g/mol. The Hall–Kier alpha value is -1.02. The van der Waals surface area contributed by atoms with Gasteiger partial charge in [-0.2, -0.15) is 0 Å². The average Bonchev–Trinajstić information content (AvgIpc) is 2.84. The van der Waals surface area contributed by atoms with Crippen molar-refractivity contribution in [2.45, 2.75) is 37.5 Å². The Morgan fingerprint density at radius 1 is 1.21 bits per heavy atom. The van der Waals surface area contributed by atoms with Crippen LogP contribution in [-0.4, -0.2) is 11.7 Å². The molecule has 1 nitrogen and oxygen atoms in total. The third-order valence-corrected chi connectivity index (χ3v) is 6.51. The van der Waals surface area contributed by atoms with E-state index in [-0.39, 0.29) is 5.41 Å². The van der Waals surface area contributed by atoms with Gasteiger partial charge in [0, 0.05) is 5.41 Å². The second-order valence-electron chi connectivity index (χ2n) is 6.85. The number of aliphatic imine (C=N–C) groups is 1. The molecule has 0 saturated heterocycles. The van der Waals surface area contributed by atoms with E-state index in [9.17, 15) is 0 Å². The number of benzene rings is 1. The zero-order valence-corrected chi connectivity index (χ0v) is 12.0. The fourth-order valence-electron chi connectivity index (χ4n) is 5.52. The molecule has 4 saturated carbocycles. The fourth-order valence-corrected chi connectivity index (χ4v) is 5.85. The van der Waals surface area contributed by atoms with Crippen molar-refractivity contribution in [3.8, 4) is 0 Å². The molecule has 1 aromatic carbocycles. The first-order valence-electron chi connectivity index (χ1n) is 7.25.